The van der Waals surface area contributed by atoms with E-state index in [4.69, 9.17) is 0 Å². The number of amidine groups is 1. The standard InChI is InChI=1S/C15H19N5S/c1-2-12-11-21-15(18-12)19-14-4-3-13(5-6-17-14)20-9-7-16-8-10-20/h2-3,5-6,11,16H,1,4,7-10H2,(H,17,18,19). The van der Waals surface area contributed by atoms with E-state index in [0.29, 0.717) is 0 Å². The number of nitrogens with zero attached hydrogens (tertiary/aromatic N) is 3. The van der Waals surface area contributed by atoms with E-state index in [1.807, 2.05) is 11.6 Å². The maximum atomic E-state index is 4.47. The number of thiazole rings is 1. The Balaban J connectivity index is 1.64. The lowest BCUT2D eigenvalue weighted by Crippen LogP contribution is -2.42. The molecule has 2 N–H and O–H groups in total. The van der Waals surface area contributed by atoms with E-state index in [9.17, 15) is 0 Å². The van der Waals surface area contributed by atoms with Crippen LogP contribution >= 0.6 is 11.3 Å². The highest BCUT2D eigenvalue weighted by Gasteiger charge is 2.12. The lowest BCUT2D eigenvalue weighted by molar-refractivity contribution is 0.307. The summed E-state index contributed by atoms with van der Waals surface area (Å²) in [5.41, 5.74) is 2.15. The number of rotatable bonds is 3. The van der Waals surface area contributed by atoms with Gasteiger partial charge >= 0.3 is 0 Å². The first kappa shape index (κ1) is 14.0. The fraction of sp³-hybridized carbons (Fsp3) is 0.333. The molecule has 5 nitrogen and oxygen atoms in total. The highest BCUT2D eigenvalue weighted by atomic mass is 32.1. The maximum Gasteiger partial charge on any atom is 0.188 e. The molecule has 0 saturated carbocycles. The van der Waals surface area contributed by atoms with Crippen molar-refractivity contribution in [3.8, 4) is 0 Å². The van der Waals surface area contributed by atoms with Crippen LogP contribution in [-0.2, 0) is 0 Å². The highest BCUT2D eigenvalue weighted by molar-refractivity contribution is 7.14. The van der Waals surface area contributed by atoms with Gasteiger partial charge in [-0.1, -0.05) is 12.7 Å². The molecule has 1 aromatic heterocycles. The molecule has 2 aliphatic rings. The minimum absolute atomic E-state index is 0.787. The van der Waals surface area contributed by atoms with E-state index >= 15 is 0 Å². The second-order valence-electron chi connectivity index (χ2n) is 4.87. The average Bonchev–Trinajstić information content (AvgIpc) is 2.85. The SMILES string of the molecule is C=Cc1csc(NC2=NC=CC(N3CCNCC3)=CC2)n1. The van der Waals surface area contributed by atoms with Gasteiger partial charge in [-0.05, 0) is 12.2 Å². The van der Waals surface area contributed by atoms with E-state index in [1.54, 1.807) is 17.4 Å². The highest BCUT2D eigenvalue weighted by Crippen LogP contribution is 2.18. The van der Waals surface area contributed by atoms with Gasteiger partial charge in [-0.15, -0.1) is 11.3 Å². The number of hydrogen-bond donors (Lipinski definition) is 2. The van der Waals surface area contributed by atoms with Crippen molar-refractivity contribution in [2.24, 2.45) is 4.99 Å². The molecule has 0 aromatic carbocycles. The first-order valence-corrected chi connectivity index (χ1v) is 7.97. The van der Waals surface area contributed by atoms with Gasteiger partial charge in [0.25, 0.3) is 0 Å². The molecule has 1 saturated heterocycles. The Bertz CT molecular complexity index is 593. The van der Waals surface area contributed by atoms with Crippen molar-refractivity contribution in [3.63, 3.8) is 0 Å². The number of allylic oxidation sites excluding steroid dienone is 1. The van der Waals surface area contributed by atoms with Gasteiger partial charge in [-0.25, -0.2) is 9.98 Å². The minimum atomic E-state index is 0.787. The second kappa shape index (κ2) is 6.69. The number of hydrogen-bond acceptors (Lipinski definition) is 6. The molecule has 1 aromatic rings. The summed E-state index contributed by atoms with van der Waals surface area (Å²) in [4.78, 5) is 11.3. The normalized spacial score (nSPS) is 18.8. The van der Waals surface area contributed by atoms with Crippen molar-refractivity contribution >= 4 is 28.4 Å². The zero-order valence-corrected chi connectivity index (χ0v) is 12.7. The first-order chi connectivity index (χ1) is 10.3. The van der Waals surface area contributed by atoms with Gasteiger partial charge in [0.05, 0.1) is 5.69 Å². The summed E-state index contributed by atoms with van der Waals surface area (Å²) in [5, 5.41) is 9.49. The van der Waals surface area contributed by atoms with Gasteiger partial charge in [0.15, 0.2) is 5.13 Å². The third-order valence-corrected chi connectivity index (χ3v) is 4.22. The predicted octanol–water partition coefficient (Wildman–Crippen LogP) is 2.30. The van der Waals surface area contributed by atoms with Gasteiger partial charge in [-0.3, -0.25) is 0 Å². The van der Waals surface area contributed by atoms with Gasteiger partial charge < -0.3 is 15.5 Å². The zero-order chi connectivity index (χ0) is 14.5. The van der Waals surface area contributed by atoms with Crippen molar-refractivity contribution in [1.82, 2.24) is 15.2 Å². The van der Waals surface area contributed by atoms with Crippen molar-refractivity contribution in [1.29, 1.82) is 0 Å². The topological polar surface area (TPSA) is 52.6 Å². The van der Waals surface area contributed by atoms with Gasteiger partial charge in [0.1, 0.15) is 5.84 Å². The molecule has 21 heavy (non-hydrogen) atoms. The van der Waals surface area contributed by atoms with E-state index < -0.39 is 0 Å². The van der Waals surface area contributed by atoms with Crippen LogP contribution in [0.15, 0.2) is 41.0 Å². The Morgan fingerprint density at radius 3 is 3.00 bits per heavy atom. The molecule has 0 bridgehead atoms. The van der Waals surface area contributed by atoms with Crippen LogP contribution in [-0.4, -0.2) is 41.9 Å². The predicted molar refractivity (Wildman–Crippen MR) is 89.5 cm³/mol. The molecule has 0 radical (unpaired) electrons. The Hall–Kier alpha value is -1.92. The molecule has 1 fully saturated rings. The first-order valence-electron chi connectivity index (χ1n) is 7.09. The molecule has 2 aliphatic heterocycles. The number of nitrogens with one attached hydrogen (secondary N) is 2. The lowest BCUT2D eigenvalue weighted by Gasteiger charge is -2.30. The molecule has 0 amide bonds. The van der Waals surface area contributed by atoms with Crippen molar-refractivity contribution in [2.45, 2.75) is 6.42 Å². The van der Waals surface area contributed by atoms with E-state index in [0.717, 1.165) is 49.3 Å². The van der Waals surface area contributed by atoms with Crippen LogP contribution in [0.1, 0.15) is 12.1 Å². The average molecular weight is 301 g/mol. The number of aromatic nitrogens is 1. The smallest absolute Gasteiger partial charge is 0.188 e. The van der Waals surface area contributed by atoms with E-state index in [-0.39, 0.29) is 0 Å². The van der Waals surface area contributed by atoms with Crippen molar-refractivity contribution in [3.05, 3.63) is 41.7 Å². The fourth-order valence-corrected chi connectivity index (χ4v) is 3.04. The molecule has 3 heterocycles. The van der Waals surface area contributed by atoms with E-state index in [1.165, 1.54) is 5.70 Å². The summed E-state index contributed by atoms with van der Waals surface area (Å²) >= 11 is 1.57. The molecule has 0 atom stereocenters. The number of anilines is 1. The zero-order valence-electron chi connectivity index (χ0n) is 11.9. The minimum Gasteiger partial charge on any atom is -0.369 e. The van der Waals surface area contributed by atoms with Crippen LogP contribution in [0.4, 0.5) is 5.13 Å². The number of piperazine rings is 1. The quantitative estimate of drug-likeness (QED) is 0.899. The molecule has 0 unspecified atom stereocenters. The van der Waals surface area contributed by atoms with Crippen LogP contribution < -0.4 is 10.6 Å². The molecule has 6 heteroatoms. The summed E-state index contributed by atoms with van der Waals surface area (Å²) in [5.74, 6) is 0.918. The third kappa shape index (κ3) is 3.59. The number of aliphatic imine (C=N–C) groups is 1. The molecular weight excluding hydrogens is 282 g/mol. The summed E-state index contributed by atoms with van der Waals surface area (Å²) in [6, 6.07) is 0. The Labute approximate surface area is 128 Å². The molecule has 3 rings (SSSR count). The van der Waals surface area contributed by atoms with Crippen molar-refractivity contribution in [2.75, 3.05) is 31.5 Å². The third-order valence-electron chi connectivity index (χ3n) is 3.44. The maximum absolute atomic E-state index is 4.47. The fourth-order valence-electron chi connectivity index (χ4n) is 2.33. The van der Waals surface area contributed by atoms with Crippen LogP contribution in [0.5, 0.6) is 0 Å². The molecule has 110 valence electrons. The van der Waals surface area contributed by atoms with Crippen LogP contribution in [0, 0.1) is 0 Å². The lowest BCUT2D eigenvalue weighted by atomic mass is 10.2. The van der Waals surface area contributed by atoms with Gasteiger partial charge in [0, 0.05) is 49.9 Å². The Morgan fingerprint density at radius 2 is 2.24 bits per heavy atom. The monoisotopic (exact) mass is 301 g/mol. The summed E-state index contributed by atoms with van der Waals surface area (Å²) in [7, 11) is 0. The second-order valence-corrected chi connectivity index (χ2v) is 5.73. The summed E-state index contributed by atoms with van der Waals surface area (Å²) in [6.45, 7) is 7.91. The van der Waals surface area contributed by atoms with Crippen molar-refractivity contribution < 1.29 is 0 Å². The Kier molecular flexibility index (Phi) is 4.47. The van der Waals surface area contributed by atoms with Crippen LogP contribution in [0.3, 0.4) is 0 Å². The summed E-state index contributed by atoms with van der Waals surface area (Å²) < 4.78 is 0. The van der Waals surface area contributed by atoms with Crippen LogP contribution in [0.25, 0.3) is 6.08 Å². The van der Waals surface area contributed by atoms with E-state index in [2.05, 4.69) is 44.2 Å². The molecular formula is C15H19N5S. The van der Waals surface area contributed by atoms with Gasteiger partial charge in [-0.2, -0.15) is 0 Å². The Morgan fingerprint density at radius 1 is 1.38 bits per heavy atom. The van der Waals surface area contributed by atoms with Gasteiger partial charge in [0.2, 0.25) is 0 Å². The largest absolute Gasteiger partial charge is 0.369 e. The van der Waals surface area contributed by atoms with Crippen LogP contribution in [0.2, 0.25) is 0 Å². The summed E-state index contributed by atoms with van der Waals surface area (Å²) in [6.07, 6.45) is 8.71. The molecule has 0 spiro atoms. The molecule has 0 aliphatic carbocycles.